The average Bonchev–Trinajstić information content (AvgIpc) is 2.38. The number of hydrogen-bond acceptors (Lipinski definition) is 3. The number of nitrogens with one attached hydrogen (secondary N) is 1. The first-order valence-electron chi connectivity index (χ1n) is 5.60. The molecule has 0 bridgehead atoms. The Hall–Kier alpha value is -2.15. The Balaban J connectivity index is 2.50. The van der Waals surface area contributed by atoms with Crippen LogP contribution in [0.25, 0.3) is 0 Å². The quantitative estimate of drug-likeness (QED) is 0.738. The molecule has 0 radical (unpaired) electrons. The fraction of sp³-hybridized carbons (Fsp3) is 0.333. The number of rotatable bonds is 5. The van der Waals surface area contributed by atoms with Crippen molar-refractivity contribution in [2.45, 2.75) is 12.5 Å². The predicted octanol–water partition coefficient (Wildman–Crippen LogP) is 0.807. The molecule has 0 unspecified atom stereocenters. The molecule has 1 aromatic carbocycles. The number of anilines is 1. The minimum Gasteiger partial charge on any atom is -0.479 e. The standard InChI is InChI=1S/C12H15FN2O4/c1-15(9-5-3-2-4-8(9)13)12(19)14-7-6-10(16)11(17)18/h2-5,10,16H,6-7H2,1H3,(H,14,19)(H,17,18)/t10-/m0/s1. The van der Waals surface area contributed by atoms with Crippen LogP contribution in [0.2, 0.25) is 0 Å². The summed E-state index contributed by atoms with van der Waals surface area (Å²) in [6, 6.07) is 5.20. The van der Waals surface area contributed by atoms with Gasteiger partial charge in [0.25, 0.3) is 0 Å². The molecule has 7 heteroatoms. The van der Waals surface area contributed by atoms with E-state index in [4.69, 9.17) is 10.2 Å². The van der Waals surface area contributed by atoms with Crippen molar-refractivity contribution in [2.75, 3.05) is 18.5 Å². The highest BCUT2D eigenvalue weighted by atomic mass is 19.1. The first kappa shape index (κ1) is 14.9. The predicted molar refractivity (Wildman–Crippen MR) is 66.5 cm³/mol. The van der Waals surface area contributed by atoms with Crippen LogP contribution in [0.3, 0.4) is 0 Å². The summed E-state index contributed by atoms with van der Waals surface area (Å²) < 4.78 is 13.4. The summed E-state index contributed by atoms with van der Waals surface area (Å²) in [5.74, 6) is -1.89. The van der Waals surface area contributed by atoms with Crippen LogP contribution >= 0.6 is 0 Å². The van der Waals surface area contributed by atoms with Crippen LogP contribution < -0.4 is 10.2 Å². The Morgan fingerprint density at radius 3 is 2.63 bits per heavy atom. The molecule has 0 heterocycles. The van der Waals surface area contributed by atoms with Gasteiger partial charge in [-0.2, -0.15) is 0 Å². The lowest BCUT2D eigenvalue weighted by Crippen LogP contribution is -2.39. The molecule has 0 saturated heterocycles. The topological polar surface area (TPSA) is 89.9 Å². The summed E-state index contributed by atoms with van der Waals surface area (Å²) >= 11 is 0. The Labute approximate surface area is 109 Å². The van der Waals surface area contributed by atoms with E-state index >= 15 is 0 Å². The third kappa shape index (κ3) is 4.22. The van der Waals surface area contributed by atoms with E-state index in [2.05, 4.69) is 5.32 Å². The monoisotopic (exact) mass is 270 g/mol. The van der Waals surface area contributed by atoms with Crippen LogP contribution in [-0.4, -0.2) is 41.9 Å². The van der Waals surface area contributed by atoms with Crippen molar-refractivity contribution in [1.82, 2.24) is 5.32 Å². The molecule has 0 spiro atoms. The lowest BCUT2D eigenvalue weighted by atomic mass is 10.2. The van der Waals surface area contributed by atoms with Crippen molar-refractivity contribution >= 4 is 17.7 Å². The summed E-state index contributed by atoms with van der Waals surface area (Å²) in [5, 5.41) is 19.9. The molecule has 0 aliphatic rings. The number of amides is 2. The minimum absolute atomic E-state index is 0.0227. The molecule has 0 aromatic heterocycles. The zero-order valence-electron chi connectivity index (χ0n) is 10.3. The molecule has 0 aliphatic heterocycles. The van der Waals surface area contributed by atoms with Gasteiger partial charge < -0.3 is 15.5 Å². The summed E-state index contributed by atoms with van der Waals surface area (Å²) in [5.41, 5.74) is 0.110. The maximum Gasteiger partial charge on any atom is 0.332 e. The zero-order chi connectivity index (χ0) is 14.4. The van der Waals surface area contributed by atoms with E-state index < -0.39 is 23.9 Å². The highest BCUT2D eigenvalue weighted by molar-refractivity contribution is 5.91. The van der Waals surface area contributed by atoms with Crippen LogP contribution in [0, 0.1) is 5.82 Å². The second-order valence-electron chi connectivity index (χ2n) is 3.89. The van der Waals surface area contributed by atoms with Crippen molar-refractivity contribution in [1.29, 1.82) is 0 Å². The van der Waals surface area contributed by atoms with E-state index in [-0.39, 0.29) is 18.7 Å². The molecule has 1 aromatic rings. The SMILES string of the molecule is CN(C(=O)NCC[C@H](O)C(=O)O)c1ccccc1F. The van der Waals surface area contributed by atoms with Crippen molar-refractivity contribution in [2.24, 2.45) is 0 Å². The smallest absolute Gasteiger partial charge is 0.332 e. The van der Waals surface area contributed by atoms with Gasteiger partial charge in [-0.3, -0.25) is 4.90 Å². The maximum atomic E-state index is 13.4. The van der Waals surface area contributed by atoms with Gasteiger partial charge in [-0.15, -0.1) is 0 Å². The van der Waals surface area contributed by atoms with Gasteiger partial charge in [0, 0.05) is 20.0 Å². The summed E-state index contributed by atoms with van der Waals surface area (Å²) in [4.78, 5) is 23.1. The van der Waals surface area contributed by atoms with Gasteiger partial charge in [0.2, 0.25) is 0 Å². The molecule has 2 amide bonds. The lowest BCUT2D eigenvalue weighted by Gasteiger charge is -2.18. The van der Waals surface area contributed by atoms with Gasteiger partial charge >= 0.3 is 12.0 Å². The van der Waals surface area contributed by atoms with E-state index in [0.29, 0.717) is 0 Å². The van der Waals surface area contributed by atoms with Crippen LogP contribution in [-0.2, 0) is 4.79 Å². The van der Waals surface area contributed by atoms with Gasteiger partial charge in [0.05, 0.1) is 5.69 Å². The summed E-state index contributed by atoms with van der Waals surface area (Å²) in [6.45, 7) is -0.0227. The van der Waals surface area contributed by atoms with Gasteiger partial charge in [-0.1, -0.05) is 12.1 Å². The Kier molecular flexibility index (Phi) is 5.25. The number of para-hydroxylation sites is 1. The van der Waals surface area contributed by atoms with Gasteiger partial charge in [0.1, 0.15) is 5.82 Å². The number of carbonyl (C=O) groups is 2. The molecule has 19 heavy (non-hydrogen) atoms. The number of urea groups is 1. The van der Waals surface area contributed by atoms with Gasteiger partial charge in [-0.05, 0) is 12.1 Å². The molecular formula is C12H15FN2O4. The Morgan fingerprint density at radius 2 is 2.05 bits per heavy atom. The van der Waals surface area contributed by atoms with Crippen molar-refractivity contribution in [3.05, 3.63) is 30.1 Å². The van der Waals surface area contributed by atoms with Crippen LogP contribution in [0.4, 0.5) is 14.9 Å². The molecule has 0 aliphatic carbocycles. The number of carboxylic acids is 1. The van der Waals surface area contributed by atoms with Crippen LogP contribution in [0.5, 0.6) is 0 Å². The van der Waals surface area contributed by atoms with E-state index in [1.807, 2.05) is 0 Å². The first-order valence-corrected chi connectivity index (χ1v) is 5.60. The molecule has 1 atom stereocenters. The number of benzene rings is 1. The van der Waals surface area contributed by atoms with E-state index in [9.17, 15) is 14.0 Å². The molecular weight excluding hydrogens is 255 g/mol. The number of aliphatic hydroxyl groups is 1. The van der Waals surface area contributed by atoms with E-state index in [1.165, 1.54) is 25.2 Å². The van der Waals surface area contributed by atoms with Crippen LogP contribution in [0.15, 0.2) is 24.3 Å². The second-order valence-corrected chi connectivity index (χ2v) is 3.89. The Bertz CT molecular complexity index is 467. The number of halogens is 1. The highest BCUT2D eigenvalue weighted by Gasteiger charge is 2.16. The van der Waals surface area contributed by atoms with Gasteiger partial charge in [-0.25, -0.2) is 14.0 Å². The van der Waals surface area contributed by atoms with Crippen molar-refractivity contribution < 1.29 is 24.2 Å². The third-order valence-electron chi connectivity index (χ3n) is 2.50. The fourth-order valence-electron chi connectivity index (χ4n) is 1.39. The molecule has 6 nitrogen and oxygen atoms in total. The molecule has 1 rings (SSSR count). The molecule has 104 valence electrons. The van der Waals surface area contributed by atoms with Crippen molar-refractivity contribution in [3.63, 3.8) is 0 Å². The first-order chi connectivity index (χ1) is 8.93. The van der Waals surface area contributed by atoms with E-state index in [1.54, 1.807) is 6.07 Å². The summed E-state index contributed by atoms with van der Waals surface area (Å²) in [6.07, 6.45) is -1.65. The fourth-order valence-corrected chi connectivity index (χ4v) is 1.39. The number of carboxylic acid groups (broad SMARTS) is 1. The molecule has 3 N–H and O–H groups in total. The number of hydrogen-bond donors (Lipinski definition) is 3. The minimum atomic E-state index is -1.53. The molecule has 0 saturated carbocycles. The number of aliphatic carboxylic acids is 1. The summed E-state index contributed by atoms with van der Waals surface area (Å²) in [7, 11) is 1.39. The average molecular weight is 270 g/mol. The molecule has 0 fully saturated rings. The third-order valence-corrected chi connectivity index (χ3v) is 2.50. The normalized spacial score (nSPS) is 11.7. The number of aliphatic hydroxyl groups excluding tert-OH is 1. The second kappa shape index (κ2) is 6.69. The Morgan fingerprint density at radius 1 is 1.42 bits per heavy atom. The zero-order valence-corrected chi connectivity index (χ0v) is 10.3. The lowest BCUT2D eigenvalue weighted by molar-refractivity contribution is -0.146. The maximum absolute atomic E-state index is 13.4. The number of nitrogens with zero attached hydrogens (tertiary/aromatic N) is 1. The van der Waals surface area contributed by atoms with Crippen LogP contribution in [0.1, 0.15) is 6.42 Å². The number of carbonyl (C=O) groups excluding carboxylic acids is 1. The largest absolute Gasteiger partial charge is 0.479 e. The van der Waals surface area contributed by atoms with Crippen molar-refractivity contribution in [3.8, 4) is 0 Å². The highest BCUT2D eigenvalue weighted by Crippen LogP contribution is 2.16. The van der Waals surface area contributed by atoms with Gasteiger partial charge in [0.15, 0.2) is 6.10 Å². The van der Waals surface area contributed by atoms with E-state index in [0.717, 1.165) is 4.90 Å².